The number of carboxylic acids is 1. The maximum absolute atomic E-state index is 10.8. The highest BCUT2D eigenvalue weighted by molar-refractivity contribution is 6.33. The van der Waals surface area contributed by atoms with Gasteiger partial charge in [-0.25, -0.2) is 4.79 Å². The van der Waals surface area contributed by atoms with E-state index in [9.17, 15) is 4.79 Å². The summed E-state index contributed by atoms with van der Waals surface area (Å²) in [5, 5.41) is 12.3. The number of benzene rings is 1. The fraction of sp³-hybridized carbons (Fsp3) is 0.143. The quantitative estimate of drug-likeness (QED) is 0.881. The molecule has 0 aliphatic carbocycles. The molecule has 1 heterocycles. The van der Waals surface area contributed by atoms with Gasteiger partial charge >= 0.3 is 5.97 Å². The third-order valence-corrected chi connectivity index (χ3v) is 3.00. The van der Waals surface area contributed by atoms with E-state index in [1.807, 2.05) is 12.1 Å². The molecule has 2 aromatic rings. The lowest BCUT2D eigenvalue weighted by molar-refractivity contribution is 0.0697. The van der Waals surface area contributed by atoms with Crippen molar-refractivity contribution in [2.24, 2.45) is 0 Å². The van der Waals surface area contributed by atoms with Crippen LogP contribution in [0.5, 0.6) is 0 Å². The minimum atomic E-state index is -1.02. The fourth-order valence-electron chi connectivity index (χ4n) is 1.70. The van der Waals surface area contributed by atoms with Crippen LogP contribution in [0.4, 0.5) is 5.69 Å². The number of nitrogens with one attached hydrogen (secondary N) is 1. The van der Waals surface area contributed by atoms with Crippen molar-refractivity contribution in [3.05, 3.63) is 58.9 Å². The minimum Gasteiger partial charge on any atom is -0.478 e. The van der Waals surface area contributed by atoms with Gasteiger partial charge in [-0.15, -0.1) is 0 Å². The van der Waals surface area contributed by atoms with Gasteiger partial charge in [0.15, 0.2) is 0 Å². The van der Waals surface area contributed by atoms with Crippen molar-refractivity contribution < 1.29 is 9.90 Å². The number of rotatable bonds is 5. The highest BCUT2D eigenvalue weighted by Gasteiger charge is 2.08. The number of halogens is 1. The predicted octanol–water partition coefficient (Wildman–Crippen LogP) is 3.09. The Kier molecular flexibility index (Phi) is 4.36. The zero-order valence-corrected chi connectivity index (χ0v) is 10.9. The number of anilines is 1. The summed E-state index contributed by atoms with van der Waals surface area (Å²) in [6.07, 6.45) is 4.38. The van der Waals surface area contributed by atoms with E-state index in [0.29, 0.717) is 0 Å². The summed E-state index contributed by atoms with van der Waals surface area (Å²) >= 11 is 5.89. The highest BCUT2D eigenvalue weighted by Crippen LogP contribution is 2.20. The lowest BCUT2D eigenvalue weighted by atomic mass is 10.2. The maximum Gasteiger partial charge on any atom is 0.337 e. The second-order valence-electron chi connectivity index (χ2n) is 4.03. The monoisotopic (exact) mass is 276 g/mol. The van der Waals surface area contributed by atoms with Gasteiger partial charge < -0.3 is 10.4 Å². The van der Waals surface area contributed by atoms with E-state index in [4.69, 9.17) is 16.7 Å². The fourth-order valence-corrected chi connectivity index (χ4v) is 1.96. The summed E-state index contributed by atoms with van der Waals surface area (Å²) in [6.45, 7) is 0.743. The molecule has 0 saturated heterocycles. The lowest BCUT2D eigenvalue weighted by Gasteiger charge is -2.08. The van der Waals surface area contributed by atoms with Gasteiger partial charge in [-0.1, -0.05) is 11.6 Å². The Balaban J connectivity index is 1.93. The molecule has 0 fully saturated rings. The molecule has 0 aliphatic rings. The topological polar surface area (TPSA) is 62.2 Å². The molecule has 5 heteroatoms. The Hall–Kier alpha value is -2.07. The predicted molar refractivity (Wildman–Crippen MR) is 74.8 cm³/mol. The normalized spacial score (nSPS) is 10.2. The molecule has 2 rings (SSSR count). The summed E-state index contributed by atoms with van der Waals surface area (Å²) < 4.78 is 0. The van der Waals surface area contributed by atoms with Gasteiger partial charge in [-0.2, -0.15) is 0 Å². The van der Waals surface area contributed by atoms with Crippen molar-refractivity contribution in [1.82, 2.24) is 4.98 Å². The molecule has 0 amide bonds. The standard InChI is InChI=1S/C14H13ClN2O2/c15-13-9-11(1-2-12(13)14(18)19)17-8-5-10-3-6-16-7-4-10/h1-4,6-7,9,17H,5,8H2,(H,18,19). The molecule has 1 aromatic heterocycles. The molecule has 19 heavy (non-hydrogen) atoms. The SMILES string of the molecule is O=C(O)c1ccc(NCCc2ccncc2)cc1Cl. The number of carboxylic acid groups (broad SMARTS) is 1. The van der Waals surface area contributed by atoms with Crippen molar-refractivity contribution in [3.63, 3.8) is 0 Å². The van der Waals surface area contributed by atoms with Crippen LogP contribution in [0, 0.1) is 0 Å². The molecule has 0 bridgehead atoms. The van der Waals surface area contributed by atoms with E-state index in [0.717, 1.165) is 18.7 Å². The Morgan fingerprint density at radius 1 is 1.26 bits per heavy atom. The zero-order chi connectivity index (χ0) is 13.7. The number of hydrogen-bond acceptors (Lipinski definition) is 3. The second kappa shape index (κ2) is 6.20. The maximum atomic E-state index is 10.8. The van der Waals surface area contributed by atoms with Gasteiger partial charge in [0.25, 0.3) is 0 Å². The minimum absolute atomic E-state index is 0.112. The Morgan fingerprint density at radius 3 is 2.63 bits per heavy atom. The molecule has 0 spiro atoms. The van der Waals surface area contributed by atoms with Crippen molar-refractivity contribution in [2.45, 2.75) is 6.42 Å². The molecule has 0 radical (unpaired) electrons. The van der Waals surface area contributed by atoms with E-state index in [2.05, 4.69) is 10.3 Å². The van der Waals surface area contributed by atoms with Crippen molar-refractivity contribution in [3.8, 4) is 0 Å². The Bertz CT molecular complexity index is 573. The number of nitrogens with zero attached hydrogens (tertiary/aromatic N) is 1. The van der Waals surface area contributed by atoms with Crippen LogP contribution in [0.1, 0.15) is 15.9 Å². The van der Waals surface area contributed by atoms with Gasteiger partial charge in [0.05, 0.1) is 10.6 Å². The molecular formula is C14H13ClN2O2. The third kappa shape index (κ3) is 3.69. The Morgan fingerprint density at radius 2 is 2.00 bits per heavy atom. The van der Waals surface area contributed by atoms with E-state index >= 15 is 0 Å². The van der Waals surface area contributed by atoms with Gasteiger partial charge in [-0.3, -0.25) is 4.98 Å². The van der Waals surface area contributed by atoms with Crippen LogP contribution < -0.4 is 5.32 Å². The van der Waals surface area contributed by atoms with Gasteiger partial charge in [0.1, 0.15) is 0 Å². The number of aromatic nitrogens is 1. The molecule has 0 saturated carbocycles. The third-order valence-electron chi connectivity index (χ3n) is 2.69. The van der Waals surface area contributed by atoms with E-state index in [-0.39, 0.29) is 10.6 Å². The summed E-state index contributed by atoms with van der Waals surface area (Å²) in [5.41, 5.74) is 2.11. The second-order valence-corrected chi connectivity index (χ2v) is 4.44. The summed E-state index contributed by atoms with van der Waals surface area (Å²) in [6, 6.07) is 8.75. The van der Waals surface area contributed by atoms with Crippen LogP contribution in [0.25, 0.3) is 0 Å². The van der Waals surface area contributed by atoms with Crippen LogP contribution in [0.2, 0.25) is 5.02 Å². The first-order valence-electron chi connectivity index (χ1n) is 5.82. The first kappa shape index (κ1) is 13.4. The van der Waals surface area contributed by atoms with Crippen LogP contribution >= 0.6 is 11.6 Å². The van der Waals surface area contributed by atoms with Crippen LogP contribution in [0.15, 0.2) is 42.7 Å². The summed E-state index contributed by atoms with van der Waals surface area (Å²) in [7, 11) is 0. The molecule has 2 N–H and O–H groups in total. The highest BCUT2D eigenvalue weighted by atomic mass is 35.5. The first-order valence-corrected chi connectivity index (χ1v) is 6.20. The van der Waals surface area contributed by atoms with Gasteiger partial charge in [0.2, 0.25) is 0 Å². The van der Waals surface area contributed by atoms with Gasteiger partial charge in [0, 0.05) is 24.6 Å². The molecular weight excluding hydrogens is 264 g/mol. The summed E-state index contributed by atoms with van der Waals surface area (Å²) in [4.78, 5) is 14.8. The van der Waals surface area contributed by atoms with Crippen molar-refractivity contribution in [1.29, 1.82) is 0 Å². The zero-order valence-electron chi connectivity index (χ0n) is 10.1. The molecule has 1 aromatic carbocycles. The largest absolute Gasteiger partial charge is 0.478 e. The van der Waals surface area contributed by atoms with Gasteiger partial charge in [-0.05, 0) is 42.3 Å². The molecule has 0 aliphatic heterocycles. The van der Waals surface area contributed by atoms with Crippen LogP contribution in [-0.4, -0.2) is 22.6 Å². The molecule has 4 nitrogen and oxygen atoms in total. The number of aromatic carboxylic acids is 1. The Labute approximate surface area is 116 Å². The number of pyridine rings is 1. The van der Waals surface area contributed by atoms with E-state index in [1.165, 1.54) is 11.6 Å². The molecule has 0 unspecified atom stereocenters. The lowest BCUT2D eigenvalue weighted by Crippen LogP contribution is -2.05. The number of hydrogen-bond donors (Lipinski definition) is 2. The van der Waals surface area contributed by atoms with Crippen LogP contribution in [0.3, 0.4) is 0 Å². The van der Waals surface area contributed by atoms with Crippen molar-refractivity contribution in [2.75, 3.05) is 11.9 Å². The smallest absolute Gasteiger partial charge is 0.337 e. The molecule has 98 valence electrons. The van der Waals surface area contributed by atoms with Crippen molar-refractivity contribution >= 4 is 23.3 Å². The number of carbonyl (C=O) groups is 1. The first-order chi connectivity index (χ1) is 9.16. The van der Waals surface area contributed by atoms with E-state index < -0.39 is 5.97 Å². The van der Waals surface area contributed by atoms with Crippen LogP contribution in [-0.2, 0) is 6.42 Å². The average molecular weight is 277 g/mol. The average Bonchev–Trinajstić information content (AvgIpc) is 2.39. The van der Waals surface area contributed by atoms with E-state index in [1.54, 1.807) is 24.5 Å². The molecule has 0 atom stereocenters. The summed E-state index contributed by atoms with van der Waals surface area (Å²) in [5.74, 6) is -1.02.